The second-order valence-corrected chi connectivity index (χ2v) is 6.59. The molecule has 0 heterocycles. The molecule has 0 radical (unpaired) electrons. The standard InChI is InChI=1S/C23H22FNO/c1-16-3-4-18(13-17(16)2)5-6-19-7-8-20(15-26)23(14-19)25-22-11-9-21(24)10-12-22/h3-4,7-15,25H,5-6H2,1-2H3. The van der Waals surface area contributed by atoms with Gasteiger partial charge in [-0.15, -0.1) is 0 Å². The number of hydrogen-bond acceptors (Lipinski definition) is 2. The first-order valence-corrected chi connectivity index (χ1v) is 8.72. The first-order valence-electron chi connectivity index (χ1n) is 8.72. The van der Waals surface area contributed by atoms with Crippen molar-refractivity contribution in [2.45, 2.75) is 26.7 Å². The molecule has 0 fully saturated rings. The summed E-state index contributed by atoms with van der Waals surface area (Å²) < 4.78 is 13.1. The molecular weight excluding hydrogens is 325 g/mol. The molecule has 3 aromatic rings. The first-order chi connectivity index (χ1) is 12.5. The summed E-state index contributed by atoms with van der Waals surface area (Å²) in [5, 5.41) is 3.21. The lowest BCUT2D eigenvalue weighted by Gasteiger charge is -2.12. The maximum absolute atomic E-state index is 13.1. The van der Waals surface area contributed by atoms with Gasteiger partial charge in [0.2, 0.25) is 0 Å². The van der Waals surface area contributed by atoms with E-state index in [0.717, 1.165) is 36.1 Å². The summed E-state index contributed by atoms with van der Waals surface area (Å²) in [7, 11) is 0. The predicted octanol–water partition coefficient (Wildman–Crippen LogP) is 5.78. The number of anilines is 2. The van der Waals surface area contributed by atoms with E-state index in [9.17, 15) is 9.18 Å². The Balaban J connectivity index is 1.76. The van der Waals surface area contributed by atoms with Gasteiger partial charge in [0.1, 0.15) is 5.82 Å². The van der Waals surface area contributed by atoms with E-state index < -0.39 is 0 Å². The van der Waals surface area contributed by atoms with Crippen molar-refractivity contribution >= 4 is 17.7 Å². The van der Waals surface area contributed by atoms with Crippen molar-refractivity contribution in [2.24, 2.45) is 0 Å². The molecule has 0 aliphatic rings. The number of aryl methyl sites for hydroxylation is 4. The van der Waals surface area contributed by atoms with Crippen molar-refractivity contribution in [1.29, 1.82) is 0 Å². The Morgan fingerprint density at radius 2 is 1.50 bits per heavy atom. The third-order valence-electron chi connectivity index (χ3n) is 4.64. The Bertz CT molecular complexity index is 916. The van der Waals surface area contributed by atoms with Crippen molar-refractivity contribution < 1.29 is 9.18 Å². The summed E-state index contributed by atoms with van der Waals surface area (Å²) in [6.07, 6.45) is 2.66. The molecule has 3 rings (SSSR count). The van der Waals surface area contributed by atoms with Crippen LogP contribution in [0, 0.1) is 19.7 Å². The minimum Gasteiger partial charge on any atom is -0.355 e. The Labute approximate surface area is 153 Å². The van der Waals surface area contributed by atoms with Crippen LogP contribution in [-0.4, -0.2) is 6.29 Å². The highest BCUT2D eigenvalue weighted by atomic mass is 19.1. The SMILES string of the molecule is Cc1ccc(CCc2ccc(C=O)c(Nc3ccc(F)cc3)c2)cc1C. The Kier molecular flexibility index (Phi) is 5.47. The normalized spacial score (nSPS) is 10.6. The van der Waals surface area contributed by atoms with Crippen LogP contribution in [0.5, 0.6) is 0 Å². The van der Waals surface area contributed by atoms with Gasteiger partial charge in [-0.2, -0.15) is 0 Å². The molecule has 0 aliphatic carbocycles. The zero-order valence-electron chi connectivity index (χ0n) is 15.1. The van der Waals surface area contributed by atoms with Crippen molar-refractivity contribution in [3.63, 3.8) is 0 Å². The van der Waals surface area contributed by atoms with Gasteiger partial charge in [0.15, 0.2) is 6.29 Å². The summed E-state index contributed by atoms with van der Waals surface area (Å²) in [6, 6.07) is 18.5. The first kappa shape index (κ1) is 17.9. The highest BCUT2D eigenvalue weighted by Crippen LogP contribution is 2.23. The smallest absolute Gasteiger partial charge is 0.152 e. The maximum atomic E-state index is 13.1. The fourth-order valence-corrected chi connectivity index (χ4v) is 2.91. The lowest BCUT2D eigenvalue weighted by Crippen LogP contribution is -1.99. The third-order valence-corrected chi connectivity index (χ3v) is 4.64. The van der Waals surface area contributed by atoms with E-state index in [1.807, 2.05) is 18.2 Å². The van der Waals surface area contributed by atoms with Crippen molar-refractivity contribution in [1.82, 2.24) is 0 Å². The summed E-state index contributed by atoms with van der Waals surface area (Å²) in [5.74, 6) is -0.284. The molecule has 1 N–H and O–H groups in total. The number of carbonyl (C=O) groups is 1. The van der Waals surface area contributed by atoms with Crippen LogP contribution >= 0.6 is 0 Å². The Hall–Kier alpha value is -2.94. The molecule has 0 unspecified atom stereocenters. The van der Waals surface area contributed by atoms with E-state index in [4.69, 9.17) is 0 Å². The highest BCUT2D eigenvalue weighted by Gasteiger charge is 2.06. The van der Waals surface area contributed by atoms with Gasteiger partial charge in [0.25, 0.3) is 0 Å². The molecule has 0 atom stereocenters. The zero-order chi connectivity index (χ0) is 18.5. The number of hydrogen-bond donors (Lipinski definition) is 1. The summed E-state index contributed by atoms with van der Waals surface area (Å²) in [4.78, 5) is 11.3. The second-order valence-electron chi connectivity index (χ2n) is 6.59. The average molecular weight is 347 g/mol. The van der Waals surface area contributed by atoms with Crippen LogP contribution in [0.3, 0.4) is 0 Å². The number of benzene rings is 3. The van der Waals surface area contributed by atoms with E-state index in [2.05, 4.69) is 37.4 Å². The largest absolute Gasteiger partial charge is 0.355 e. The quantitative estimate of drug-likeness (QED) is 0.572. The summed E-state index contributed by atoms with van der Waals surface area (Å²) >= 11 is 0. The van der Waals surface area contributed by atoms with Gasteiger partial charge in [-0.05, 0) is 85.3 Å². The number of halogens is 1. The number of carbonyl (C=O) groups excluding carboxylic acids is 1. The predicted molar refractivity (Wildman–Crippen MR) is 105 cm³/mol. The second kappa shape index (κ2) is 7.96. The Morgan fingerprint density at radius 1 is 0.846 bits per heavy atom. The molecule has 0 bridgehead atoms. The molecule has 0 saturated carbocycles. The molecule has 2 nitrogen and oxygen atoms in total. The monoisotopic (exact) mass is 347 g/mol. The van der Waals surface area contributed by atoms with E-state index >= 15 is 0 Å². The van der Waals surface area contributed by atoms with Crippen LogP contribution in [0.1, 0.15) is 32.6 Å². The van der Waals surface area contributed by atoms with Crippen LogP contribution < -0.4 is 5.32 Å². The third kappa shape index (κ3) is 4.37. The van der Waals surface area contributed by atoms with Gasteiger partial charge in [-0.1, -0.05) is 24.3 Å². The van der Waals surface area contributed by atoms with Gasteiger partial charge in [0.05, 0.1) is 0 Å². The number of rotatable bonds is 6. The van der Waals surface area contributed by atoms with Gasteiger partial charge in [0, 0.05) is 16.9 Å². The van der Waals surface area contributed by atoms with Crippen LogP contribution in [0.4, 0.5) is 15.8 Å². The minimum atomic E-state index is -0.284. The van der Waals surface area contributed by atoms with Crippen LogP contribution in [0.2, 0.25) is 0 Å². The molecule has 3 aromatic carbocycles. The van der Waals surface area contributed by atoms with Crippen molar-refractivity contribution in [3.05, 3.63) is 94.3 Å². The molecule has 26 heavy (non-hydrogen) atoms. The van der Waals surface area contributed by atoms with Gasteiger partial charge >= 0.3 is 0 Å². The molecular formula is C23H22FNO. The number of nitrogens with one attached hydrogen (secondary N) is 1. The number of aldehydes is 1. The van der Waals surface area contributed by atoms with E-state index in [1.54, 1.807) is 12.1 Å². The van der Waals surface area contributed by atoms with Gasteiger partial charge in [-0.25, -0.2) is 4.39 Å². The van der Waals surface area contributed by atoms with Crippen LogP contribution in [-0.2, 0) is 12.8 Å². The Morgan fingerprint density at radius 3 is 2.15 bits per heavy atom. The van der Waals surface area contributed by atoms with Crippen molar-refractivity contribution in [3.8, 4) is 0 Å². The molecule has 3 heteroatoms. The zero-order valence-corrected chi connectivity index (χ0v) is 15.1. The van der Waals surface area contributed by atoms with Crippen LogP contribution in [0.15, 0.2) is 60.7 Å². The molecule has 132 valence electrons. The van der Waals surface area contributed by atoms with E-state index in [1.165, 1.54) is 28.8 Å². The maximum Gasteiger partial charge on any atom is 0.152 e. The van der Waals surface area contributed by atoms with Crippen LogP contribution in [0.25, 0.3) is 0 Å². The van der Waals surface area contributed by atoms with Crippen molar-refractivity contribution in [2.75, 3.05) is 5.32 Å². The molecule has 0 spiro atoms. The lowest BCUT2D eigenvalue weighted by atomic mass is 9.99. The molecule has 0 saturated heterocycles. The lowest BCUT2D eigenvalue weighted by molar-refractivity contribution is 0.112. The van der Waals surface area contributed by atoms with Gasteiger partial charge < -0.3 is 5.32 Å². The average Bonchev–Trinajstić information content (AvgIpc) is 2.65. The van der Waals surface area contributed by atoms with E-state index in [0.29, 0.717) is 5.56 Å². The fourth-order valence-electron chi connectivity index (χ4n) is 2.91. The molecule has 0 aliphatic heterocycles. The summed E-state index contributed by atoms with van der Waals surface area (Å²) in [6.45, 7) is 4.24. The highest BCUT2D eigenvalue weighted by molar-refractivity contribution is 5.86. The molecule has 0 aromatic heterocycles. The summed E-state index contributed by atoms with van der Waals surface area (Å²) in [5.41, 5.74) is 7.14. The van der Waals surface area contributed by atoms with Gasteiger partial charge in [-0.3, -0.25) is 4.79 Å². The molecule has 0 amide bonds. The van der Waals surface area contributed by atoms with E-state index in [-0.39, 0.29) is 5.82 Å². The topological polar surface area (TPSA) is 29.1 Å². The fraction of sp³-hybridized carbons (Fsp3) is 0.174. The minimum absolute atomic E-state index is 0.284.